The zero-order valence-corrected chi connectivity index (χ0v) is 12.9. The van der Waals surface area contributed by atoms with Crippen LogP contribution in [0.2, 0.25) is 0 Å². The van der Waals surface area contributed by atoms with Gasteiger partial charge >= 0.3 is 0 Å². The van der Waals surface area contributed by atoms with Crippen molar-refractivity contribution in [3.05, 3.63) is 0 Å². The van der Waals surface area contributed by atoms with E-state index in [9.17, 15) is 8.42 Å². The molecule has 2 N–H and O–H groups in total. The first-order valence-electron chi connectivity index (χ1n) is 6.92. The van der Waals surface area contributed by atoms with Crippen LogP contribution in [0.15, 0.2) is 0 Å². The standard InChI is InChI=1S/C12H29N3O2S/c1-4-14(5-2)10-8-11-15(6-3)18(16,17)12-7-9-13/h4-13H2,1-3H3. The van der Waals surface area contributed by atoms with Gasteiger partial charge in [-0.1, -0.05) is 20.8 Å². The largest absolute Gasteiger partial charge is 0.330 e. The van der Waals surface area contributed by atoms with Gasteiger partial charge in [-0.3, -0.25) is 0 Å². The molecule has 0 unspecified atom stereocenters. The van der Waals surface area contributed by atoms with E-state index in [0.29, 0.717) is 26.1 Å². The highest BCUT2D eigenvalue weighted by Crippen LogP contribution is 2.05. The van der Waals surface area contributed by atoms with Gasteiger partial charge in [-0.2, -0.15) is 0 Å². The van der Waals surface area contributed by atoms with Crippen molar-refractivity contribution in [2.45, 2.75) is 33.6 Å². The Labute approximate surface area is 112 Å². The highest BCUT2D eigenvalue weighted by molar-refractivity contribution is 7.89. The summed E-state index contributed by atoms with van der Waals surface area (Å²) in [6, 6.07) is 0. The quantitative estimate of drug-likeness (QED) is 0.605. The zero-order chi connectivity index (χ0) is 14.0. The molecule has 0 aliphatic rings. The van der Waals surface area contributed by atoms with Crippen LogP contribution in [0, 0.1) is 0 Å². The van der Waals surface area contributed by atoms with E-state index in [0.717, 1.165) is 26.1 Å². The maximum atomic E-state index is 12.0. The summed E-state index contributed by atoms with van der Waals surface area (Å²) in [6.45, 7) is 10.7. The van der Waals surface area contributed by atoms with E-state index in [1.165, 1.54) is 0 Å². The molecule has 0 atom stereocenters. The first-order valence-corrected chi connectivity index (χ1v) is 8.52. The van der Waals surface area contributed by atoms with Gasteiger partial charge < -0.3 is 10.6 Å². The first kappa shape index (κ1) is 17.8. The Morgan fingerprint density at radius 1 is 0.944 bits per heavy atom. The number of nitrogens with two attached hydrogens (primary N) is 1. The van der Waals surface area contributed by atoms with E-state index in [2.05, 4.69) is 18.7 Å². The van der Waals surface area contributed by atoms with Gasteiger partial charge in [-0.15, -0.1) is 0 Å². The predicted octanol–water partition coefficient (Wildman–Crippen LogP) is 0.719. The van der Waals surface area contributed by atoms with Gasteiger partial charge in [-0.25, -0.2) is 12.7 Å². The lowest BCUT2D eigenvalue weighted by atomic mass is 10.3. The minimum atomic E-state index is -3.11. The topological polar surface area (TPSA) is 66.6 Å². The van der Waals surface area contributed by atoms with Crippen molar-refractivity contribution in [2.75, 3.05) is 45.0 Å². The molecule has 0 rings (SSSR count). The van der Waals surface area contributed by atoms with Crippen molar-refractivity contribution >= 4 is 10.0 Å². The third-order valence-electron chi connectivity index (χ3n) is 3.13. The number of rotatable bonds is 11. The summed E-state index contributed by atoms with van der Waals surface area (Å²) in [5.41, 5.74) is 5.36. The average Bonchev–Trinajstić information content (AvgIpc) is 2.36. The maximum absolute atomic E-state index is 12.0. The first-order chi connectivity index (χ1) is 8.51. The molecule has 0 aromatic heterocycles. The Balaban J connectivity index is 4.18. The van der Waals surface area contributed by atoms with E-state index in [4.69, 9.17) is 5.73 Å². The van der Waals surface area contributed by atoms with Crippen LogP contribution in [0.25, 0.3) is 0 Å². The van der Waals surface area contributed by atoms with Gasteiger partial charge in [0.25, 0.3) is 0 Å². The minimum Gasteiger partial charge on any atom is -0.330 e. The second kappa shape index (κ2) is 9.72. The molecule has 0 saturated heterocycles. The molecule has 0 aromatic carbocycles. The number of hydrogen-bond acceptors (Lipinski definition) is 4. The predicted molar refractivity (Wildman–Crippen MR) is 77.1 cm³/mol. The number of nitrogens with zero attached hydrogens (tertiary/aromatic N) is 2. The van der Waals surface area contributed by atoms with E-state index in [-0.39, 0.29) is 5.75 Å². The molecule has 5 nitrogen and oxygen atoms in total. The summed E-state index contributed by atoms with van der Waals surface area (Å²) in [6.07, 6.45) is 1.42. The molecule has 0 fully saturated rings. The second-order valence-corrected chi connectivity index (χ2v) is 6.42. The minimum absolute atomic E-state index is 0.169. The molecule has 0 aromatic rings. The lowest BCUT2D eigenvalue weighted by molar-refractivity contribution is 0.285. The monoisotopic (exact) mass is 279 g/mol. The number of hydrogen-bond donors (Lipinski definition) is 1. The molecule has 0 aliphatic carbocycles. The molecular weight excluding hydrogens is 250 g/mol. The van der Waals surface area contributed by atoms with Crippen LogP contribution >= 0.6 is 0 Å². The molecule has 6 heteroatoms. The highest BCUT2D eigenvalue weighted by Gasteiger charge is 2.19. The van der Waals surface area contributed by atoms with Crippen LogP contribution in [0.3, 0.4) is 0 Å². The average molecular weight is 279 g/mol. The fraction of sp³-hybridized carbons (Fsp3) is 1.00. The fourth-order valence-electron chi connectivity index (χ4n) is 1.90. The molecule has 0 saturated carbocycles. The summed E-state index contributed by atoms with van der Waals surface area (Å²) in [5, 5.41) is 0. The summed E-state index contributed by atoms with van der Waals surface area (Å²) in [4.78, 5) is 2.31. The van der Waals surface area contributed by atoms with Crippen molar-refractivity contribution < 1.29 is 8.42 Å². The van der Waals surface area contributed by atoms with Gasteiger partial charge in [0, 0.05) is 13.1 Å². The molecule has 0 spiro atoms. The Morgan fingerprint density at radius 3 is 2.00 bits per heavy atom. The molecular formula is C12H29N3O2S. The second-order valence-electron chi connectivity index (χ2n) is 4.33. The van der Waals surface area contributed by atoms with Gasteiger partial charge in [0.2, 0.25) is 10.0 Å². The Morgan fingerprint density at radius 2 is 1.56 bits per heavy atom. The van der Waals surface area contributed by atoms with Crippen molar-refractivity contribution in [2.24, 2.45) is 5.73 Å². The third-order valence-corrected chi connectivity index (χ3v) is 5.16. The fourth-order valence-corrected chi connectivity index (χ4v) is 3.49. The molecule has 0 radical (unpaired) electrons. The normalized spacial score (nSPS) is 12.6. The summed E-state index contributed by atoms with van der Waals surface area (Å²) in [7, 11) is -3.11. The van der Waals surface area contributed by atoms with Crippen LogP contribution < -0.4 is 5.73 Å². The molecule has 0 amide bonds. The van der Waals surface area contributed by atoms with Crippen molar-refractivity contribution in [1.82, 2.24) is 9.21 Å². The van der Waals surface area contributed by atoms with Gasteiger partial charge in [-0.05, 0) is 39.0 Å². The lowest BCUT2D eigenvalue weighted by Crippen LogP contribution is -2.36. The van der Waals surface area contributed by atoms with Gasteiger partial charge in [0.05, 0.1) is 5.75 Å². The van der Waals surface area contributed by atoms with Gasteiger partial charge in [0.15, 0.2) is 0 Å². The third kappa shape index (κ3) is 6.68. The van der Waals surface area contributed by atoms with Crippen LogP contribution in [0.1, 0.15) is 33.6 Å². The Hall–Kier alpha value is -0.170. The van der Waals surface area contributed by atoms with Crippen molar-refractivity contribution in [3.8, 4) is 0 Å². The Bertz CT molecular complexity index is 290. The Kier molecular flexibility index (Phi) is 9.63. The summed E-state index contributed by atoms with van der Waals surface area (Å²) in [5.74, 6) is 0.169. The number of sulfonamides is 1. The molecule has 0 aliphatic heterocycles. The van der Waals surface area contributed by atoms with Crippen LogP contribution in [0.4, 0.5) is 0 Å². The summed E-state index contributed by atoms with van der Waals surface area (Å²) >= 11 is 0. The van der Waals surface area contributed by atoms with E-state index >= 15 is 0 Å². The maximum Gasteiger partial charge on any atom is 0.214 e. The highest BCUT2D eigenvalue weighted by atomic mass is 32.2. The molecule has 0 heterocycles. The molecule has 18 heavy (non-hydrogen) atoms. The van der Waals surface area contributed by atoms with Crippen LogP contribution in [0.5, 0.6) is 0 Å². The SMILES string of the molecule is CCN(CC)CCCN(CC)S(=O)(=O)CCCN. The van der Waals surface area contributed by atoms with Crippen LogP contribution in [-0.4, -0.2) is 62.6 Å². The molecule has 0 bridgehead atoms. The summed E-state index contributed by atoms with van der Waals surface area (Å²) < 4.78 is 25.6. The van der Waals surface area contributed by atoms with E-state index in [1.807, 2.05) is 6.92 Å². The lowest BCUT2D eigenvalue weighted by Gasteiger charge is -2.23. The smallest absolute Gasteiger partial charge is 0.214 e. The van der Waals surface area contributed by atoms with Crippen molar-refractivity contribution in [3.63, 3.8) is 0 Å². The van der Waals surface area contributed by atoms with E-state index in [1.54, 1.807) is 4.31 Å². The van der Waals surface area contributed by atoms with Crippen LogP contribution in [-0.2, 0) is 10.0 Å². The molecule has 110 valence electrons. The van der Waals surface area contributed by atoms with Crippen molar-refractivity contribution in [1.29, 1.82) is 0 Å². The van der Waals surface area contributed by atoms with E-state index < -0.39 is 10.0 Å². The van der Waals surface area contributed by atoms with Gasteiger partial charge in [0.1, 0.15) is 0 Å². The zero-order valence-electron chi connectivity index (χ0n) is 12.1.